The molecule has 2 heterocycles. The van der Waals surface area contributed by atoms with Crippen molar-refractivity contribution in [2.24, 2.45) is 0 Å². The fraction of sp³-hybridized carbons (Fsp3) is 0.500. The Morgan fingerprint density at radius 2 is 2.23 bits per heavy atom. The van der Waals surface area contributed by atoms with E-state index in [2.05, 4.69) is 5.32 Å². The molecule has 2 atom stereocenters. The fourth-order valence-corrected chi connectivity index (χ4v) is 4.07. The number of halogens is 1. The number of nitrogens with one attached hydrogen (secondary N) is 1. The summed E-state index contributed by atoms with van der Waals surface area (Å²) in [5.41, 5.74) is 0.289. The zero-order chi connectivity index (χ0) is 15.9. The molecule has 0 aliphatic carbocycles. The summed E-state index contributed by atoms with van der Waals surface area (Å²) in [5.74, 6) is 0.819. The number of benzene rings is 1. The van der Waals surface area contributed by atoms with Gasteiger partial charge in [-0.3, -0.25) is 0 Å². The van der Waals surface area contributed by atoms with Crippen LogP contribution in [0.25, 0.3) is 10.1 Å². The summed E-state index contributed by atoms with van der Waals surface area (Å²) in [4.78, 5) is 0. The van der Waals surface area contributed by atoms with E-state index in [0.717, 1.165) is 25.7 Å². The predicted octanol–water partition coefficient (Wildman–Crippen LogP) is 3.36. The van der Waals surface area contributed by atoms with E-state index in [1.807, 2.05) is 32.0 Å². The van der Waals surface area contributed by atoms with Gasteiger partial charge in [-0.2, -0.15) is 0 Å². The van der Waals surface area contributed by atoms with Crippen LogP contribution in [0.2, 0.25) is 4.34 Å². The minimum Gasteiger partial charge on any atom is -0.483 e. The monoisotopic (exact) mass is 341 g/mol. The van der Waals surface area contributed by atoms with Gasteiger partial charge in [0.1, 0.15) is 17.5 Å². The van der Waals surface area contributed by atoms with Crippen LogP contribution in [0.5, 0.6) is 5.75 Å². The van der Waals surface area contributed by atoms with E-state index in [4.69, 9.17) is 21.1 Å². The van der Waals surface area contributed by atoms with Gasteiger partial charge in [0.15, 0.2) is 0 Å². The van der Waals surface area contributed by atoms with E-state index in [1.165, 1.54) is 11.3 Å². The minimum absolute atomic E-state index is 0.195. The fourth-order valence-electron chi connectivity index (χ4n) is 2.84. The lowest BCUT2D eigenvalue weighted by atomic mass is 9.86. The third-order valence-corrected chi connectivity index (χ3v) is 5.32. The van der Waals surface area contributed by atoms with Gasteiger partial charge in [0.05, 0.1) is 21.7 Å². The summed E-state index contributed by atoms with van der Waals surface area (Å²) in [6, 6.07) is 5.77. The molecule has 2 aromatic rings. The molecule has 0 bridgehead atoms. The number of hydrogen-bond donors (Lipinski definition) is 2. The first-order chi connectivity index (χ1) is 10.4. The summed E-state index contributed by atoms with van der Waals surface area (Å²) < 4.78 is 13.0. The second-order valence-corrected chi connectivity index (χ2v) is 7.71. The molecule has 1 aromatic heterocycles. The van der Waals surface area contributed by atoms with Crippen molar-refractivity contribution in [3.8, 4) is 5.75 Å². The van der Waals surface area contributed by atoms with Crippen molar-refractivity contribution in [2.45, 2.75) is 31.6 Å². The molecule has 4 nitrogen and oxygen atoms in total. The molecule has 6 heteroatoms. The van der Waals surface area contributed by atoms with Crippen molar-refractivity contribution >= 4 is 33.0 Å². The van der Waals surface area contributed by atoms with Gasteiger partial charge in [0.2, 0.25) is 0 Å². The second-order valence-electron chi connectivity index (χ2n) is 6.03. The molecule has 2 unspecified atom stereocenters. The van der Waals surface area contributed by atoms with E-state index in [0.29, 0.717) is 13.2 Å². The van der Waals surface area contributed by atoms with Gasteiger partial charge >= 0.3 is 0 Å². The first kappa shape index (κ1) is 16.0. The van der Waals surface area contributed by atoms with Crippen LogP contribution in [-0.2, 0) is 4.74 Å². The molecule has 0 spiro atoms. The van der Waals surface area contributed by atoms with Gasteiger partial charge in [-0.05, 0) is 25.3 Å². The van der Waals surface area contributed by atoms with Gasteiger partial charge in [0, 0.05) is 19.2 Å². The van der Waals surface area contributed by atoms with Gasteiger partial charge in [-0.15, -0.1) is 11.3 Å². The molecule has 1 aliphatic heterocycles. The maximum absolute atomic E-state index is 10.7. The third kappa shape index (κ3) is 2.72. The number of methoxy groups -OCH3 is 1. The summed E-state index contributed by atoms with van der Waals surface area (Å²) in [6.45, 7) is 5.06. The number of rotatable bonds is 4. The average Bonchev–Trinajstić information content (AvgIpc) is 2.84. The molecule has 1 aromatic carbocycles. The van der Waals surface area contributed by atoms with Crippen molar-refractivity contribution in [1.82, 2.24) is 5.32 Å². The van der Waals surface area contributed by atoms with Gasteiger partial charge in [-0.25, -0.2) is 0 Å². The maximum atomic E-state index is 10.7. The standard InChI is InChI=1S/C16H20ClNO3S/c1-16(2)15(19)12(18-6-7-20-3)10-5-4-9-8-11(17)22-14(9)13(10)21-16/h4-5,8,12,15,18-19H,6-7H2,1-3H3. The molecule has 1 aliphatic rings. The maximum Gasteiger partial charge on any atom is 0.142 e. The smallest absolute Gasteiger partial charge is 0.142 e. The van der Waals surface area contributed by atoms with Crippen molar-refractivity contribution in [3.05, 3.63) is 28.1 Å². The second kappa shape index (κ2) is 5.98. The molecule has 0 saturated heterocycles. The first-order valence-corrected chi connectivity index (χ1v) is 8.45. The van der Waals surface area contributed by atoms with E-state index in [-0.39, 0.29) is 6.04 Å². The number of hydrogen-bond acceptors (Lipinski definition) is 5. The number of aliphatic hydroxyl groups is 1. The predicted molar refractivity (Wildman–Crippen MR) is 90.2 cm³/mol. The van der Waals surface area contributed by atoms with Crippen LogP contribution in [0.4, 0.5) is 0 Å². The Kier molecular flexibility index (Phi) is 4.36. The Hall–Kier alpha value is -0.850. The Morgan fingerprint density at radius 3 is 2.95 bits per heavy atom. The lowest BCUT2D eigenvalue weighted by Crippen LogP contribution is -2.52. The summed E-state index contributed by atoms with van der Waals surface area (Å²) in [6.07, 6.45) is -0.648. The van der Waals surface area contributed by atoms with Crippen LogP contribution in [0.3, 0.4) is 0 Å². The number of aliphatic hydroxyl groups excluding tert-OH is 1. The normalized spacial score (nSPS) is 23.3. The Balaban J connectivity index is 2.07. The highest BCUT2D eigenvalue weighted by atomic mass is 35.5. The first-order valence-electron chi connectivity index (χ1n) is 7.25. The molecule has 0 radical (unpaired) electrons. The van der Waals surface area contributed by atoms with E-state index >= 15 is 0 Å². The quantitative estimate of drug-likeness (QED) is 0.837. The minimum atomic E-state index is -0.678. The highest BCUT2D eigenvalue weighted by Crippen LogP contribution is 2.46. The van der Waals surface area contributed by atoms with Crippen LogP contribution in [0.1, 0.15) is 25.5 Å². The van der Waals surface area contributed by atoms with Gasteiger partial charge < -0.3 is 19.9 Å². The molecule has 120 valence electrons. The van der Waals surface area contributed by atoms with Crippen LogP contribution < -0.4 is 10.1 Å². The lowest BCUT2D eigenvalue weighted by Gasteiger charge is -2.42. The summed E-state index contributed by atoms with van der Waals surface area (Å²) in [5, 5.41) is 15.1. The largest absolute Gasteiger partial charge is 0.483 e. The molecule has 3 rings (SSSR count). The number of ether oxygens (including phenoxy) is 2. The van der Waals surface area contributed by atoms with Gasteiger partial charge in [-0.1, -0.05) is 23.7 Å². The molecule has 0 fully saturated rings. The Labute approximate surface area is 139 Å². The SMILES string of the molecule is COCCNC1c2ccc3cc(Cl)sc3c2OC(C)(C)C1O. The molecule has 0 saturated carbocycles. The highest BCUT2D eigenvalue weighted by Gasteiger charge is 2.43. The van der Waals surface area contributed by atoms with Gasteiger partial charge in [0.25, 0.3) is 0 Å². The summed E-state index contributed by atoms with van der Waals surface area (Å²) in [7, 11) is 1.66. The topological polar surface area (TPSA) is 50.7 Å². The zero-order valence-electron chi connectivity index (χ0n) is 12.9. The number of fused-ring (bicyclic) bond motifs is 3. The van der Waals surface area contributed by atoms with Crippen LogP contribution in [-0.4, -0.2) is 37.1 Å². The van der Waals surface area contributed by atoms with Crippen molar-refractivity contribution in [2.75, 3.05) is 20.3 Å². The molecular weight excluding hydrogens is 322 g/mol. The number of thiophene rings is 1. The lowest BCUT2D eigenvalue weighted by molar-refractivity contribution is -0.0640. The third-order valence-electron chi connectivity index (χ3n) is 4.04. The average molecular weight is 342 g/mol. The van der Waals surface area contributed by atoms with Crippen molar-refractivity contribution in [1.29, 1.82) is 0 Å². The Morgan fingerprint density at radius 1 is 1.45 bits per heavy atom. The molecule has 22 heavy (non-hydrogen) atoms. The summed E-state index contributed by atoms with van der Waals surface area (Å²) >= 11 is 7.65. The molecule has 0 amide bonds. The molecule has 2 N–H and O–H groups in total. The van der Waals surface area contributed by atoms with Crippen molar-refractivity contribution in [3.63, 3.8) is 0 Å². The van der Waals surface area contributed by atoms with Crippen LogP contribution >= 0.6 is 22.9 Å². The van der Waals surface area contributed by atoms with E-state index < -0.39 is 11.7 Å². The molecular formula is C16H20ClNO3S. The van der Waals surface area contributed by atoms with Crippen molar-refractivity contribution < 1.29 is 14.6 Å². The van der Waals surface area contributed by atoms with E-state index in [1.54, 1.807) is 7.11 Å². The van der Waals surface area contributed by atoms with Crippen LogP contribution in [0, 0.1) is 0 Å². The van der Waals surface area contributed by atoms with Crippen LogP contribution in [0.15, 0.2) is 18.2 Å². The zero-order valence-corrected chi connectivity index (χ0v) is 14.4. The van der Waals surface area contributed by atoms with E-state index in [9.17, 15) is 5.11 Å². The highest BCUT2D eigenvalue weighted by molar-refractivity contribution is 7.23. The Bertz CT molecular complexity index is 685.